The van der Waals surface area contributed by atoms with Crippen molar-refractivity contribution in [1.82, 2.24) is 0 Å². The maximum absolute atomic E-state index is 6.08. The lowest BCUT2D eigenvalue weighted by molar-refractivity contribution is 0.754. The van der Waals surface area contributed by atoms with Crippen molar-refractivity contribution in [2.45, 2.75) is 11.8 Å². The van der Waals surface area contributed by atoms with Gasteiger partial charge in [0.1, 0.15) is 0 Å². The summed E-state index contributed by atoms with van der Waals surface area (Å²) in [4.78, 5) is 0. The van der Waals surface area contributed by atoms with Gasteiger partial charge in [-0.25, -0.2) is 0 Å². The van der Waals surface area contributed by atoms with E-state index in [0.29, 0.717) is 5.92 Å². The van der Waals surface area contributed by atoms with Crippen LogP contribution in [0.2, 0.25) is 0 Å². The van der Waals surface area contributed by atoms with Gasteiger partial charge in [0.15, 0.2) is 0 Å². The molecule has 86 valence electrons. The van der Waals surface area contributed by atoms with Crippen molar-refractivity contribution in [3.8, 4) is 0 Å². The van der Waals surface area contributed by atoms with Gasteiger partial charge < -0.3 is 0 Å². The molecule has 0 spiro atoms. The molecule has 17 heavy (non-hydrogen) atoms. The molecule has 0 amide bonds. The van der Waals surface area contributed by atoms with Crippen LogP contribution >= 0.6 is 11.6 Å². The summed E-state index contributed by atoms with van der Waals surface area (Å²) in [5.74, 6) is 1.32. The number of hydrogen-bond donors (Lipinski definition) is 0. The van der Waals surface area contributed by atoms with Gasteiger partial charge in [-0.1, -0.05) is 60.7 Å². The molecule has 1 fully saturated rings. The second-order valence-corrected chi connectivity index (χ2v) is 5.07. The summed E-state index contributed by atoms with van der Waals surface area (Å²) >= 11 is 6.08. The van der Waals surface area contributed by atoms with E-state index in [0.717, 1.165) is 5.88 Å². The lowest BCUT2D eigenvalue weighted by atomic mass is 9.86. The summed E-state index contributed by atoms with van der Waals surface area (Å²) in [6.45, 7) is 0. The van der Waals surface area contributed by atoms with E-state index in [4.69, 9.17) is 11.6 Å². The van der Waals surface area contributed by atoms with Gasteiger partial charge in [0.05, 0.1) is 0 Å². The lowest BCUT2D eigenvalue weighted by Crippen LogP contribution is -2.12. The lowest BCUT2D eigenvalue weighted by Gasteiger charge is -2.18. The molecular weight excluding hydrogens is 228 g/mol. The van der Waals surface area contributed by atoms with Gasteiger partial charge >= 0.3 is 0 Å². The van der Waals surface area contributed by atoms with Gasteiger partial charge in [0, 0.05) is 11.3 Å². The fourth-order valence-electron chi connectivity index (χ4n) is 2.86. The predicted octanol–water partition coefficient (Wildman–Crippen LogP) is 4.23. The third-order valence-electron chi connectivity index (χ3n) is 3.87. The quantitative estimate of drug-likeness (QED) is 0.707. The van der Waals surface area contributed by atoms with Crippen LogP contribution in [-0.2, 0) is 5.41 Å². The molecule has 0 nitrogen and oxygen atoms in total. The van der Waals surface area contributed by atoms with E-state index in [1.54, 1.807) is 0 Å². The first-order valence-corrected chi connectivity index (χ1v) is 6.58. The van der Waals surface area contributed by atoms with Gasteiger partial charge in [-0.05, 0) is 23.5 Å². The molecule has 0 saturated heterocycles. The summed E-state index contributed by atoms with van der Waals surface area (Å²) in [5, 5.41) is 0. The molecule has 1 aliphatic carbocycles. The van der Waals surface area contributed by atoms with Gasteiger partial charge in [-0.15, -0.1) is 11.6 Å². The van der Waals surface area contributed by atoms with E-state index in [1.165, 1.54) is 17.5 Å². The molecule has 0 aromatic heterocycles. The van der Waals surface area contributed by atoms with Crippen molar-refractivity contribution in [2.75, 3.05) is 5.88 Å². The number of alkyl halides is 1. The van der Waals surface area contributed by atoms with Crippen LogP contribution in [0, 0.1) is 5.92 Å². The molecule has 1 unspecified atom stereocenters. The molecule has 0 heterocycles. The number of hydrogen-bond acceptors (Lipinski definition) is 0. The molecular formula is C16H15Cl. The van der Waals surface area contributed by atoms with Gasteiger partial charge in [-0.2, -0.15) is 0 Å². The molecule has 1 heteroatoms. The van der Waals surface area contributed by atoms with Crippen molar-refractivity contribution in [1.29, 1.82) is 0 Å². The normalized spacial score (nSPS) is 21.1. The monoisotopic (exact) mass is 242 g/mol. The van der Waals surface area contributed by atoms with Gasteiger partial charge in [-0.3, -0.25) is 0 Å². The minimum Gasteiger partial charge on any atom is -0.126 e. The molecule has 0 radical (unpaired) electrons. The Morgan fingerprint density at radius 1 is 0.882 bits per heavy atom. The van der Waals surface area contributed by atoms with Gasteiger partial charge in [0.25, 0.3) is 0 Å². The van der Waals surface area contributed by atoms with Crippen LogP contribution in [-0.4, -0.2) is 5.88 Å². The predicted molar refractivity (Wildman–Crippen MR) is 72.5 cm³/mol. The van der Waals surface area contributed by atoms with Crippen molar-refractivity contribution >= 4 is 11.6 Å². The first-order valence-electron chi connectivity index (χ1n) is 6.05. The zero-order chi connectivity index (χ0) is 11.7. The molecule has 0 bridgehead atoms. The van der Waals surface area contributed by atoms with Crippen LogP contribution in [0.25, 0.3) is 0 Å². The second kappa shape index (κ2) is 4.19. The van der Waals surface area contributed by atoms with Crippen molar-refractivity contribution in [2.24, 2.45) is 5.92 Å². The molecule has 0 aliphatic heterocycles. The Morgan fingerprint density at radius 3 is 1.71 bits per heavy atom. The fraction of sp³-hybridized carbons (Fsp3) is 0.250. The van der Waals surface area contributed by atoms with Crippen LogP contribution < -0.4 is 0 Å². The SMILES string of the molecule is ClCC1CC1(c1ccccc1)c1ccccc1. The zero-order valence-corrected chi connectivity index (χ0v) is 10.4. The average Bonchev–Trinajstić information content (AvgIpc) is 3.17. The van der Waals surface area contributed by atoms with Crippen molar-refractivity contribution in [3.05, 3.63) is 71.8 Å². The minimum atomic E-state index is 0.171. The largest absolute Gasteiger partial charge is 0.126 e. The summed E-state index contributed by atoms with van der Waals surface area (Å²) in [7, 11) is 0. The highest BCUT2D eigenvalue weighted by molar-refractivity contribution is 6.18. The maximum Gasteiger partial charge on any atom is 0.0263 e. The van der Waals surface area contributed by atoms with Crippen molar-refractivity contribution < 1.29 is 0 Å². The summed E-state index contributed by atoms with van der Waals surface area (Å²) in [6, 6.07) is 21.5. The maximum atomic E-state index is 6.08. The second-order valence-electron chi connectivity index (χ2n) is 4.76. The number of benzene rings is 2. The molecule has 1 aliphatic rings. The zero-order valence-electron chi connectivity index (χ0n) is 9.64. The van der Waals surface area contributed by atoms with E-state index in [1.807, 2.05) is 0 Å². The molecule has 2 aromatic rings. The molecule has 2 aromatic carbocycles. The van der Waals surface area contributed by atoms with Crippen LogP contribution in [0.15, 0.2) is 60.7 Å². The molecule has 1 saturated carbocycles. The Morgan fingerprint density at radius 2 is 1.35 bits per heavy atom. The molecule has 3 rings (SSSR count). The topological polar surface area (TPSA) is 0 Å². The highest BCUT2D eigenvalue weighted by atomic mass is 35.5. The Bertz CT molecular complexity index is 450. The van der Waals surface area contributed by atoms with E-state index < -0.39 is 0 Å². The van der Waals surface area contributed by atoms with E-state index in [2.05, 4.69) is 60.7 Å². The number of rotatable bonds is 3. The Labute approximate surface area is 107 Å². The highest BCUT2D eigenvalue weighted by Gasteiger charge is 2.55. The fourth-order valence-corrected chi connectivity index (χ4v) is 3.23. The Kier molecular flexibility index (Phi) is 2.68. The highest BCUT2D eigenvalue weighted by Crippen LogP contribution is 2.59. The average molecular weight is 243 g/mol. The Hall–Kier alpha value is -1.27. The molecule has 1 atom stereocenters. The van der Waals surface area contributed by atoms with Crippen LogP contribution in [0.1, 0.15) is 17.5 Å². The van der Waals surface area contributed by atoms with Crippen molar-refractivity contribution in [3.63, 3.8) is 0 Å². The van der Waals surface area contributed by atoms with Gasteiger partial charge in [0.2, 0.25) is 0 Å². The first kappa shape index (κ1) is 10.9. The third kappa shape index (κ3) is 1.68. The number of halogens is 1. The van der Waals surface area contributed by atoms with Crippen LogP contribution in [0.5, 0.6) is 0 Å². The minimum absolute atomic E-state index is 0.171. The Balaban J connectivity index is 2.08. The summed E-state index contributed by atoms with van der Waals surface area (Å²) in [5.41, 5.74) is 2.97. The van der Waals surface area contributed by atoms with E-state index in [9.17, 15) is 0 Å². The standard InChI is InChI=1S/C16H15Cl/c17-12-15-11-16(15,13-7-3-1-4-8-13)14-9-5-2-6-10-14/h1-10,15H,11-12H2. The van der Waals surface area contributed by atoms with Crippen LogP contribution in [0.4, 0.5) is 0 Å². The van der Waals surface area contributed by atoms with E-state index in [-0.39, 0.29) is 5.41 Å². The van der Waals surface area contributed by atoms with E-state index >= 15 is 0 Å². The summed E-state index contributed by atoms with van der Waals surface area (Å²) < 4.78 is 0. The molecule has 0 N–H and O–H groups in total. The first-order chi connectivity index (χ1) is 8.38. The third-order valence-corrected chi connectivity index (χ3v) is 4.24. The smallest absolute Gasteiger partial charge is 0.0263 e. The summed E-state index contributed by atoms with van der Waals surface area (Å²) in [6.07, 6.45) is 1.17. The van der Waals surface area contributed by atoms with Crippen LogP contribution in [0.3, 0.4) is 0 Å².